The number of unbranched alkanes of at least 4 members (excludes halogenated alkanes) is 2. The number of rotatable bonds is 17. The van der Waals surface area contributed by atoms with Gasteiger partial charge in [0.15, 0.2) is 5.78 Å². The predicted molar refractivity (Wildman–Crippen MR) is 109 cm³/mol. The molecule has 4 N–H and O–H groups in total. The maximum Gasteiger partial charge on any atom is 0.237 e. The van der Waals surface area contributed by atoms with Crippen LogP contribution >= 0.6 is 0 Å². The molecule has 0 aromatic heterocycles. The highest BCUT2D eigenvalue weighted by molar-refractivity contribution is 5.90. The Morgan fingerprint density at radius 1 is 0.885 bits per heavy atom. The Morgan fingerprint density at radius 2 is 1.50 bits per heavy atom. The van der Waals surface area contributed by atoms with Gasteiger partial charge in [0.2, 0.25) is 5.91 Å². The highest BCUT2D eigenvalue weighted by Crippen LogP contribution is 2.08. The fraction of sp³-hybridized carbons (Fsp3) is 0.900. The predicted octanol–water partition coefficient (Wildman–Crippen LogP) is 1.99. The van der Waals surface area contributed by atoms with Crippen LogP contribution in [-0.4, -0.2) is 57.0 Å². The molecule has 0 heterocycles. The van der Waals surface area contributed by atoms with Crippen molar-refractivity contribution in [1.29, 1.82) is 0 Å². The normalized spacial score (nSPS) is 13.6. The molecule has 0 rings (SSSR count). The summed E-state index contributed by atoms with van der Waals surface area (Å²) < 4.78 is 0. The summed E-state index contributed by atoms with van der Waals surface area (Å²) in [6.45, 7) is 8.16. The molecule has 0 fully saturated rings. The van der Waals surface area contributed by atoms with E-state index in [4.69, 9.17) is 0 Å². The van der Waals surface area contributed by atoms with E-state index in [1.165, 1.54) is 0 Å². The van der Waals surface area contributed by atoms with Crippen molar-refractivity contribution in [2.75, 3.05) is 27.2 Å². The highest BCUT2D eigenvalue weighted by atomic mass is 16.2. The lowest BCUT2D eigenvalue weighted by atomic mass is 10.0. The van der Waals surface area contributed by atoms with Crippen LogP contribution in [0.1, 0.15) is 72.1 Å². The van der Waals surface area contributed by atoms with Gasteiger partial charge >= 0.3 is 0 Å². The summed E-state index contributed by atoms with van der Waals surface area (Å²) in [5.74, 6) is 0.106. The third-order valence-electron chi connectivity index (χ3n) is 4.51. The third-order valence-corrected chi connectivity index (χ3v) is 4.51. The fourth-order valence-corrected chi connectivity index (χ4v) is 2.93. The van der Waals surface area contributed by atoms with Gasteiger partial charge in [-0.15, -0.1) is 0 Å². The first-order chi connectivity index (χ1) is 12.5. The summed E-state index contributed by atoms with van der Waals surface area (Å²) in [6, 6.07) is -0.104. The SMILES string of the molecule is CCCC(=O)C(CCCCNC(C)C)NC(=O)C(CCCCNC)NC. The number of hydrogen-bond acceptors (Lipinski definition) is 5. The number of Topliss-reactive ketones (excluding diaryl/α,β-unsaturated/α-hetero) is 1. The van der Waals surface area contributed by atoms with Crippen molar-refractivity contribution in [3.05, 3.63) is 0 Å². The van der Waals surface area contributed by atoms with Crippen molar-refractivity contribution < 1.29 is 9.59 Å². The largest absolute Gasteiger partial charge is 0.345 e. The number of hydrogen-bond donors (Lipinski definition) is 4. The molecule has 0 aromatic carbocycles. The summed E-state index contributed by atoms with van der Waals surface area (Å²) >= 11 is 0. The zero-order valence-corrected chi connectivity index (χ0v) is 17.6. The Labute approximate surface area is 160 Å². The molecular formula is C20H42N4O2. The van der Waals surface area contributed by atoms with Crippen LogP contribution in [-0.2, 0) is 9.59 Å². The van der Waals surface area contributed by atoms with Crippen LogP contribution in [0.15, 0.2) is 0 Å². The second-order valence-electron chi connectivity index (χ2n) is 7.32. The van der Waals surface area contributed by atoms with Crippen molar-refractivity contribution in [1.82, 2.24) is 21.3 Å². The Balaban J connectivity index is 4.47. The number of carbonyl (C=O) groups is 2. The molecule has 0 aliphatic rings. The Morgan fingerprint density at radius 3 is 2.04 bits per heavy atom. The van der Waals surface area contributed by atoms with Crippen molar-refractivity contribution in [2.45, 2.75) is 90.3 Å². The van der Waals surface area contributed by atoms with E-state index in [9.17, 15) is 9.59 Å². The second kappa shape index (κ2) is 16.2. The lowest BCUT2D eigenvalue weighted by molar-refractivity contribution is -0.129. The molecule has 0 bridgehead atoms. The quantitative estimate of drug-likeness (QED) is 0.294. The minimum atomic E-state index is -0.352. The summed E-state index contributed by atoms with van der Waals surface area (Å²) in [5, 5.41) is 12.6. The molecule has 6 nitrogen and oxygen atoms in total. The van der Waals surface area contributed by atoms with Gasteiger partial charge in [-0.1, -0.05) is 27.2 Å². The highest BCUT2D eigenvalue weighted by Gasteiger charge is 2.23. The molecule has 154 valence electrons. The van der Waals surface area contributed by atoms with E-state index in [1.54, 1.807) is 0 Å². The van der Waals surface area contributed by atoms with Crippen molar-refractivity contribution >= 4 is 11.7 Å². The van der Waals surface area contributed by atoms with Crippen molar-refractivity contribution in [3.63, 3.8) is 0 Å². The first-order valence-electron chi connectivity index (χ1n) is 10.3. The molecule has 1 amide bonds. The van der Waals surface area contributed by atoms with E-state index in [-0.39, 0.29) is 23.8 Å². The molecule has 0 aromatic rings. The van der Waals surface area contributed by atoms with Gasteiger partial charge in [0.1, 0.15) is 0 Å². The zero-order valence-electron chi connectivity index (χ0n) is 17.6. The first-order valence-corrected chi connectivity index (χ1v) is 10.3. The molecule has 0 saturated heterocycles. The number of nitrogens with one attached hydrogen (secondary N) is 4. The average Bonchev–Trinajstić information content (AvgIpc) is 2.60. The molecule has 26 heavy (non-hydrogen) atoms. The van der Waals surface area contributed by atoms with E-state index in [0.29, 0.717) is 12.5 Å². The Hall–Kier alpha value is -0.980. The Bertz CT molecular complexity index is 375. The lowest BCUT2D eigenvalue weighted by Crippen LogP contribution is -2.49. The smallest absolute Gasteiger partial charge is 0.237 e. The van der Waals surface area contributed by atoms with Gasteiger partial charge in [-0.05, 0) is 65.7 Å². The molecule has 0 radical (unpaired) electrons. The van der Waals surface area contributed by atoms with Crippen LogP contribution in [0.4, 0.5) is 0 Å². The van der Waals surface area contributed by atoms with Crippen molar-refractivity contribution in [3.8, 4) is 0 Å². The summed E-state index contributed by atoms with van der Waals surface area (Å²) in [5.41, 5.74) is 0. The van der Waals surface area contributed by atoms with E-state index in [2.05, 4.69) is 35.1 Å². The van der Waals surface area contributed by atoms with Gasteiger partial charge in [0.05, 0.1) is 12.1 Å². The van der Waals surface area contributed by atoms with E-state index < -0.39 is 0 Å². The van der Waals surface area contributed by atoms with Gasteiger partial charge in [-0.25, -0.2) is 0 Å². The summed E-state index contributed by atoms with van der Waals surface area (Å²) in [6.07, 6.45) is 6.84. The van der Waals surface area contributed by atoms with Crippen LogP contribution in [0.25, 0.3) is 0 Å². The number of carbonyl (C=O) groups excluding carboxylic acids is 2. The minimum Gasteiger partial charge on any atom is -0.345 e. The third kappa shape index (κ3) is 12.4. The van der Waals surface area contributed by atoms with E-state index >= 15 is 0 Å². The average molecular weight is 371 g/mol. The molecule has 2 atom stereocenters. The minimum absolute atomic E-state index is 0.0493. The number of amides is 1. The van der Waals surface area contributed by atoms with E-state index in [1.807, 2.05) is 21.0 Å². The van der Waals surface area contributed by atoms with Crippen LogP contribution < -0.4 is 21.3 Å². The number of likely N-dealkylation sites (N-methyl/N-ethyl adjacent to an activating group) is 1. The van der Waals surface area contributed by atoms with Gasteiger partial charge in [0.25, 0.3) is 0 Å². The lowest BCUT2D eigenvalue weighted by Gasteiger charge is -2.22. The standard InChI is InChI=1S/C20H42N4O2/c1-6-11-19(25)17(12-8-10-15-23-16(2)3)24-20(26)18(22-5)13-7-9-14-21-4/h16-18,21-23H,6-15H2,1-5H3,(H,24,26). The van der Waals surface area contributed by atoms with Crippen molar-refractivity contribution in [2.24, 2.45) is 0 Å². The molecule has 0 aliphatic carbocycles. The van der Waals surface area contributed by atoms with Gasteiger partial charge < -0.3 is 21.3 Å². The maximum absolute atomic E-state index is 12.6. The van der Waals surface area contributed by atoms with Gasteiger partial charge in [0, 0.05) is 12.5 Å². The first kappa shape index (κ1) is 25.0. The molecule has 2 unspecified atom stereocenters. The summed E-state index contributed by atoms with van der Waals surface area (Å²) in [7, 11) is 3.74. The van der Waals surface area contributed by atoms with Gasteiger partial charge in [-0.2, -0.15) is 0 Å². The van der Waals surface area contributed by atoms with Crippen LogP contribution in [0.5, 0.6) is 0 Å². The molecule has 6 heteroatoms. The molecule has 0 saturated carbocycles. The monoisotopic (exact) mass is 370 g/mol. The summed E-state index contributed by atoms with van der Waals surface area (Å²) in [4.78, 5) is 25.0. The number of ketones is 1. The van der Waals surface area contributed by atoms with Crippen LogP contribution in [0, 0.1) is 0 Å². The molecular weight excluding hydrogens is 328 g/mol. The van der Waals surface area contributed by atoms with Crippen LogP contribution in [0.3, 0.4) is 0 Å². The Kier molecular flexibility index (Phi) is 15.6. The van der Waals surface area contributed by atoms with Gasteiger partial charge in [-0.3, -0.25) is 9.59 Å². The maximum atomic E-state index is 12.6. The fourth-order valence-electron chi connectivity index (χ4n) is 2.93. The molecule has 0 spiro atoms. The second-order valence-corrected chi connectivity index (χ2v) is 7.32. The topological polar surface area (TPSA) is 82.3 Å². The zero-order chi connectivity index (χ0) is 19.8. The van der Waals surface area contributed by atoms with Crippen LogP contribution in [0.2, 0.25) is 0 Å². The molecule has 0 aliphatic heterocycles. The van der Waals surface area contributed by atoms with E-state index in [0.717, 1.165) is 58.0 Å².